The summed E-state index contributed by atoms with van der Waals surface area (Å²) < 4.78 is 7.47. The first-order chi connectivity index (χ1) is 11.8. The van der Waals surface area contributed by atoms with Crippen LogP contribution in [0.2, 0.25) is 0 Å². The van der Waals surface area contributed by atoms with Gasteiger partial charge in [-0.25, -0.2) is 0 Å². The number of fused-ring (bicyclic) bond motifs is 1. The average Bonchev–Trinajstić information content (AvgIpc) is 2.79. The number of hydrogen-bond donors (Lipinski definition) is 2. The van der Waals surface area contributed by atoms with Crippen LogP contribution in [0.15, 0.2) is 18.2 Å². The molecule has 0 spiro atoms. The maximum absolute atomic E-state index is 12.2. The van der Waals surface area contributed by atoms with Gasteiger partial charge in [0, 0.05) is 24.8 Å². The Morgan fingerprint density at radius 3 is 2.80 bits per heavy atom. The third-order valence-electron chi connectivity index (χ3n) is 4.45. The van der Waals surface area contributed by atoms with E-state index in [1.54, 1.807) is 10.7 Å². The fourth-order valence-corrected chi connectivity index (χ4v) is 2.90. The lowest BCUT2D eigenvalue weighted by Gasteiger charge is -2.25. The van der Waals surface area contributed by atoms with Crippen molar-refractivity contribution in [3.8, 4) is 5.75 Å². The van der Waals surface area contributed by atoms with Crippen molar-refractivity contribution in [2.24, 2.45) is 7.05 Å². The fourth-order valence-electron chi connectivity index (χ4n) is 2.90. The zero-order valence-corrected chi connectivity index (χ0v) is 14.8. The van der Waals surface area contributed by atoms with Gasteiger partial charge in [-0.05, 0) is 38.5 Å². The summed E-state index contributed by atoms with van der Waals surface area (Å²) in [6.07, 6.45) is -0.858. The smallest absolute Gasteiger partial charge is 0.266 e. The monoisotopic (exact) mass is 342 g/mol. The topological polar surface area (TPSA) is 85.3 Å². The van der Waals surface area contributed by atoms with Gasteiger partial charge in [0.25, 0.3) is 5.91 Å². The number of anilines is 1. The molecule has 0 bridgehead atoms. The van der Waals surface area contributed by atoms with E-state index < -0.39 is 6.10 Å². The van der Waals surface area contributed by atoms with E-state index in [1.165, 1.54) is 0 Å². The van der Waals surface area contributed by atoms with Crippen molar-refractivity contribution in [2.75, 3.05) is 5.32 Å². The molecule has 2 N–H and O–H groups in total. The molecule has 1 unspecified atom stereocenters. The molecule has 132 valence electrons. The standard InChI is InChI=1S/C18H22N4O3/c1-10-5-6-15-14(7-10)20-18(24)16(25-15)8-17(23)19-9-13-11(2)21-22(4)12(13)3/h5-7,16H,8-9H2,1-4H3,(H,19,23)(H,20,24). The van der Waals surface area contributed by atoms with Gasteiger partial charge in [-0.2, -0.15) is 5.10 Å². The molecule has 1 atom stereocenters. The van der Waals surface area contributed by atoms with E-state index in [1.807, 2.05) is 40.0 Å². The van der Waals surface area contributed by atoms with Gasteiger partial charge in [0.2, 0.25) is 5.91 Å². The van der Waals surface area contributed by atoms with Gasteiger partial charge >= 0.3 is 0 Å². The van der Waals surface area contributed by atoms with Crippen LogP contribution in [0, 0.1) is 20.8 Å². The molecule has 0 aliphatic carbocycles. The molecule has 2 aromatic rings. The zero-order chi connectivity index (χ0) is 18.1. The summed E-state index contributed by atoms with van der Waals surface area (Å²) in [4.78, 5) is 24.4. The summed E-state index contributed by atoms with van der Waals surface area (Å²) in [6.45, 7) is 6.19. The van der Waals surface area contributed by atoms with Gasteiger partial charge in [0.15, 0.2) is 6.10 Å². The zero-order valence-electron chi connectivity index (χ0n) is 14.8. The van der Waals surface area contributed by atoms with Crippen molar-refractivity contribution in [1.29, 1.82) is 0 Å². The Morgan fingerprint density at radius 1 is 1.36 bits per heavy atom. The molecule has 1 aromatic heterocycles. The van der Waals surface area contributed by atoms with Gasteiger partial charge in [0.05, 0.1) is 17.8 Å². The summed E-state index contributed by atoms with van der Waals surface area (Å²) in [7, 11) is 1.87. The Labute approximate surface area is 146 Å². The van der Waals surface area contributed by atoms with Crippen molar-refractivity contribution in [1.82, 2.24) is 15.1 Å². The average molecular weight is 342 g/mol. The molecule has 7 nitrogen and oxygen atoms in total. The van der Waals surface area contributed by atoms with Gasteiger partial charge in [-0.1, -0.05) is 6.07 Å². The van der Waals surface area contributed by atoms with Crippen LogP contribution in [0.3, 0.4) is 0 Å². The lowest BCUT2D eigenvalue weighted by molar-refractivity contribution is -0.130. The molecule has 2 amide bonds. The number of carbonyl (C=O) groups is 2. The van der Waals surface area contributed by atoms with Crippen LogP contribution in [0.4, 0.5) is 5.69 Å². The van der Waals surface area contributed by atoms with Crippen molar-refractivity contribution in [3.05, 3.63) is 40.7 Å². The molecule has 25 heavy (non-hydrogen) atoms. The molecule has 3 rings (SSSR count). The van der Waals surface area contributed by atoms with Crippen LogP contribution in [0.1, 0.15) is 28.9 Å². The Hall–Kier alpha value is -2.83. The van der Waals surface area contributed by atoms with Crippen LogP contribution in [-0.2, 0) is 23.2 Å². The number of benzene rings is 1. The summed E-state index contributed by atoms with van der Waals surface area (Å²) >= 11 is 0. The van der Waals surface area contributed by atoms with Crippen molar-refractivity contribution in [3.63, 3.8) is 0 Å². The second-order valence-electron chi connectivity index (χ2n) is 6.35. The Bertz CT molecular complexity index is 841. The number of nitrogens with zero attached hydrogens (tertiary/aromatic N) is 2. The molecule has 1 aromatic carbocycles. The lowest BCUT2D eigenvalue weighted by atomic mass is 10.1. The maximum Gasteiger partial charge on any atom is 0.266 e. The van der Waals surface area contributed by atoms with E-state index in [2.05, 4.69) is 15.7 Å². The van der Waals surface area contributed by atoms with E-state index >= 15 is 0 Å². The van der Waals surface area contributed by atoms with Crippen molar-refractivity contribution in [2.45, 2.75) is 39.8 Å². The van der Waals surface area contributed by atoms with Crippen LogP contribution < -0.4 is 15.4 Å². The van der Waals surface area contributed by atoms with Gasteiger partial charge in [-0.15, -0.1) is 0 Å². The number of ether oxygens (including phenoxy) is 1. The quantitative estimate of drug-likeness (QED) is 0.886. The molecule has 1 aliphatic heterocycles. The van der Waals surface area contributed by atoms with Gasteiger partial charge in [-0.3, -0.25) is 14.3 Å². The minimum Gasteiger partial charge on any atom is -0.478 e. The second kappa shape index (κ2) is 6.58. The van der Waals surface area contributed by atoms with E-state index in [0.717, 1.165) is 22.5 Å². The summed E-state index contributed by atoms with van der Waals surface area (Å²) in [6, 6.07) is 5.55. The normalized spacial score (nSPS) is 16.0. The molecule has 0 radical (unpaired) electrons. The first kappa shape index (κ1) is 17.0. The Kier molecular flexibility index (Phi) is 4.48. The van der Waals surface area contributed by atoms with Crippen molar-refractivity contribution < 1.29 is 14.3 Å². The number of aromatic nitrogens is 2. The van der Waals surface area contributed by atoms with E-state index in [4.69, 9.17) is 4.74 Å². The first-order valence-corrected chi connectivity index (χ1v) is 8.19. The number of rotatable bonds is 4. The highest BCUT2D eigenvalue weighted by molar-refractivity contribution is 6.00. The highest BCUT2D eigenvalue weighted by atomic mass is 16.5. The highest BCUT2D eigenvalue weighted by Gasteiger charge is 2.29. The third-order valence-corrected chi connectivity index (χ3v) is 4.45. The molecular formula is C18H22N4O3. The Morgan fingerprint density at radius 2 is 2.12 bits per heavy atom. The number of nitrogens with one attached hydrogen (secondary N) is 2. The summed E-state index contributed by atoms with van der Waals surface area (Å²) in [5.41, 5.74) is 4.56. The highest BCUT2D eigenvalue weighted by Crippen LogP contribution is 2.31. The fraction of sp³-hybridized carbons (Fsp3) is 0.389. The Balaban J connectivity index is 1.61. The number of hydrogen-bond acceptors (Lipinski definition) is 4. The number of carbonyl (C=O) groups excluding carboxylic acids is 2. The molecular weight excluding hydrogens is 320 g/mol. The van der Waals surface area contributed by atoms with Crippen molar-refractivity contribution >= 4 is 17.5 Å². The summed E-state index contributed by atoms with van der Waals surface area (Å²) in [5, 5.41) is 9.96. The number of amides is 2. The van der Waals surface area contributed by atoms with E-state index in [-0.39, 0.29) is 18.2 Å². The predicted octanol–water partition coefficient (Wildman–Crippen LogP) is 1.75. The van der Waals surface area contributed by atoms with Crippen LogP contribution in [-0.4, -0.2) is 27.7 Å². The minimum absolute atomic E-state index is 0.0303. The molecule has 0 fully saturated rings. The van der Waals surface area contributed by atoms with Crippen LogP contribution in [0.5, 0.6) is 5.75 Å². The number of aryl methyl sites for hydroxylation is 3. The van der Waals surface area contributed by atoms with Crippen LogP contribution >= 0.6 is 0 Å². The first-order valence-electron chi connectivity index (χ1n) is 8.19. The predicted molar refractivity (Wildman–Crippen MR) is 93.4 cm³/mol. The van der Waals surface area contributed by atoms with E-state index in [0.29, 0.717) is 18.0 Å². The SMILES string of the molecule is Cc1ccc2c(c1)NC(=O)C(CC(=O)NCc1c(C)nn(C)c1C)O2. The summed E-state index contributed by atoms with van der Waals surface area (Å²) in [5.74, 6) is 0.0438. The van der Waals surface area contributed by atoms with Gasteiger partial charge in [0.1, 0.15) is 5.75 Å². The maximum atomic E-state index is 12.2. The molecule has 2 heterocycles. The van der Waals surface area contributed by atoms with Crippen LogP contribution in [0.25, 0.3) is 0 Å². The molecule has 0 saturated heterocycles. The molecule has 7 heteroatoms. The van der Waals surface area contributed by atoms with E-state index in [9.17, 15) is 9.59 Å². The third kappa shape index (κ3) is 3.50. The second-order valence-corrected chi connectivity index (χ2v) is 6.35. The lowest BCUT2D eigenvalue weighted by Crippen LogP contribution is -2.41. The minimum atomic E-state index is -0.828. The largest absolute Gasteiger partial charge is 0.478 e. The van der Waals surface area contributed by atoms with Gasteiger partial charge < -0.3 is 15.4 Å². The molecule has 1 aliphatic rings. The molecule has 0 saturated carbocycles.